The van der Waals surface area contributed by atoms with Crippen molar-refractivity contribution < 1.29 is 8.42 Å². The molecular weight excluding hydrogens is 284 g/mol. The monoisotopic (exact) mass is 302 g/mol. The molecule has 4 nitrogen and oxygen atoms in total. The maximum Gasteiger partial charge on any atom is 0.153 e. The summed E-state index contributed by atoms with van der Waals surface area (Å²) in [4.78, 5) is 2.17. The minimum absolute atomic E-state index is 0.0111. The van der Waals surface area contributed by atoms with Crippen molar-refractivity contribution in [2.75, 3.05) is 24.6 Å². The quantitative estimate of drug-likeness (QED) is 0.918. The molecule has 6 heteroatoms. The van der Waals surface area contributed by atoms with Crippen LogP contribution in [0.25, 0.3) is 0 Å². The molecule has 106 valence electrons. The van der Waals surface area contributed by atoms with Crippen LogP contribution in [0.1, 0.15) is 18.5 Å². The molecule has 1 heterocycles. The van der Waals surface area contributed by atoms with Crippen LogP contribution >= 0.6 is 11.6 Å². The molecule has 2 atom stereocenters. The van der Waals surface area contributed by atoms with Crippen LogP contribution in [0.4, 0.5) is 0 Å². The van der Waals surface area contributed by atoms with Gasteiger partial charge in [-0.25, -0.2) is 8.42 Å². The predicted octanol–water partition coefficient (Wildman–Crippen LogP) is 1.46. The number of hydrogen-bond donors (Lipinski definition) is 1. The van der Waals surface area contributed by atoms with Crippen LogP contribution in [0.5, 0.6) is 0 Å². The van der Waals surface area contributed by atoms with Gasteiger partial charge in [-0.05, 0) is 24.6 Å². The molecule has 0 spiro atoms. The Morgan fingerprint density at radius 1 is 1.42 bits per heavy atom. The van der Waals surface area contributed by atoms with Gasteiger partial charge in [-0.3, -0.25) is 4.90 Å². The number of hydrogen-bond acceptors (Lipinski definition) is 4. The highest BCUT2D eigenvalue weighted by molar-refractivity contribution is 7.91. The highest BCUT2D eigenvalue weighted by Crippen LogP contribution is 2.26. The highest BCUT2D eigenvalue weighted by atomic mass is 35.5. The van der Waals surface area contributed by atoms with E-state index in [2.05, 4.69) is 4.90 Å². The number of benzene rings is 1. The van der Waals surface area contributed by atoms with Gasteiger partial charge in [0, 0.05) is 30.2 Å². The Kier molecular flexibility index (Phi) is 4.50. The van der Waals surface area contributed by atoms with Gasteiger partial charge in [-0.15, -0.1) is 0 Å². The average molecular weight is 303 g/mol. The van der Waals surface area contributed by atoms with Gasteiger partial charge >= 0.3 is 0 Å². The Morgan fingerprint density at radius 2 is 2.05 bits per heavy atom. The molecule has 1 aliphatic rings. The van der Waals surface area contributed by atoms with Crippen LogP contribution in [0.3, 0.4) is 0 Å². The second kappa shape index (κ2) is 5.79. The summed E-state index contributed by atoms with van der Waals surface area (Å²) in [7, 11) is -2.90. The van der Waals surface area contributed by atoms with Gasteiger partial charge in [0.25, 0.3) is 0 Å². The maximum absolute atomic E-state index is 11.6. The van der Waals surface area contributed by atoms with Gasteiger partial charge in [-0.2, -0.15) is 0 Å². The van der Waals surface area contributed by atoms with E-state index >= 15 is 0 Å². The largest absolute Gasteiger partial charge is 0.329 e. The number of sulfone groups is 1. The van der Waals surface area contributed by atoms with Crippen molar-refractivity contribution >= 4 is 21.4 Å². The van der Waals surface area contributed by atoms with Crippen molar-refractivity contribution in [3.8, 4) is 0 Å². The Labute approximate surface area is 119 Å². The van der Waals surface area contributed by atoms with E-state index in [1.165, 1.54) is 0 Å². The van der Waals surface area contributed by atoms with E-state index in [-0.39, 0.29) is 23.6 Å². The van der Waals surface area contributed by atoms with Crippen LogP contribution in [-0.2, 0) is 9.84 Å². The summed E-state index contributed by atoms with van der Waals surface area (Å²) in [5.41, 5.74) is 6.96. The fourth-order valence-corrected chi connectivity index (χ4v) is 4.33. The summed E-state index contributed by atoms with van der Waals surface area (Å²) in [5, 5.41) is 0.689. The third-order valence-corrected chi connectivity index (χ3v) is 5.65. The molecule has 2 rings (SSSR count). The normalized spacial score (nSPS) is 25.1. The lowest BCUT2D eigenvalue weighted by atomic mass is 10.0. The number of nitrogens with two attached hydrogens (primary N) is 1. The second-order valence-electron chi connectivity index (χ2n) is 5.00. The van der Waals surface area contributed by atoms with Gasteiger partial charge in [0.15, 0.2) is 9.84 Å². The topological polar surface area (TPSA) is 63.4 Å². The Hall–Kier alpha value is -0.620. The van der Waals surface area contributed by atoms with Crippen LogP contribution in [0.2, 0.25) is 5.02 Å². The third kappa shape index (κ3) is 3.48. The molecule has 1 aliphatic heterocycles. The van der Waals surface area contributed by atoms with Gasteiger partial charge in [0.1, 0.15) is 0 Å². The molecule has 0 amide bonds. The summed E-state index contributed by atoms with van der Waals surface area (Å²) in [5.74, 6) is 0.415. The second-order valence-corrected chi connectivity index (χ2v) is 7.67. The van der Waals surface area contributed by atoms with Crippen molar-refractivity contribution in [2.45, 2.75) is 19.0 Å². The van der Waals surface area contributed by atoms with E-state index in [4.69, 9.17) is 17.3 Å². The van der Waals surface area contributed by atoms with Crippen LogP contribution in [0.15, 0.2) is 24.3 Å². The van der Waals surface area contributed by atoms with E-state index in [1.807, 2.05) is 31.2 Å². The van der Waals surface area contributed by atoms with Crippen LogP contribution in [0, 0.1) is 0 Å². The summed E-state index contributed by atoms with van der Waals surface area (Å²) in [6.07, 6.45) is 0. The van der Waals surface area contributed by atoms with E-state index in [1.54, 1.807) is 0 Å². The summed E-state index contributed by atoms with van der Waals surface area (Å²) in [6.45, 7) is 2.94. The van der Waals surface area contributed by atoms with E-state index < -0.39 is 9.84 Å². The maximum atomic E-state index is 11.6. The van der Waals surface area contributed by atoms with Crippen molar-refractivity contribution in [1.29, 1.82) is 0 Å². The molecule has 1 fully saturated rings. The number of nitrogens with zero attached hydrogens (tertiary/aromatic N) is 1. The van der Waals surface area contributed by atoms with Gasteiger partial charge in [0.05, 0.1) is 11.5 Å². The molecule has 1 aromatic rings. The van der Waals surface area contributed by atoms with Crippen molar-refractivity contribution in [3.05, 3.63) is 34.9 Å². The summed E-state index contributed by atoms with van der Waals surface area (Å²) in [6, 6.07) is 7.62. The SMILES string of the molecule is CC1CS(=O)(=O)CCN1C(CN)c1ccc(Cl)cc1. The first-order valence-electron chi connectivity index (χ1n) is 6.34. The van der Waals surface area contributed by atoms with E-state index in [9.17, 15) is 8.42 Å². The highest BCUT2D eigenvalue weighted by Gasteiger charge is 2.32. The zero-order chi connectivity index (χ0) is 14.0. The van der Waals surface area contributed by atoms with Crippen molar-refractivity contribution in [2.24, 2.45) is 5.73 Å². The Balaban J connectivity index is 2.20. The van der Waals surface area contributed by atoms with Gasteiger partial charge < -0.3 is 5.73 Å². The smallest absolute Gasteiger partial charge is 0.153 e. The average Bonchev–Trinajstić information content (AvgIpc) is 2.34. The molecule has 1 saturated heterocycles. The number of halogens is 1. The lowest BCUT2D eigenvalue weighted by Crippen LogP contribution is -2.50. The molecule has 2 N–H and O–H groups in total. The zero-order valence-corrected chi connectivity index (χ0v) is 12.5. The first-order valence-corrected chi connectivity index (χ1v) is 8.54. The molecule has 0 saturated carbocycles. The Morgan fingerprint density at radius 3 is 2.58 bits per heavy atom. The first kappa shape index (κ1) is 14.8. The van der Waals surface area contributed by atoms with Gasteiger partial charge in [-0.1, -0.05) is 23.7 Å². The molecule has 0 bridgehead atoms. The minimum atomic E-state index is -2.90. The predicted molar refractivity (Wildman–Crippen MR) is 78.1 cm³/mol. The lowest BCUT2D eigenvalue weighted by Gasteiger charge is -2.39. The molecule has 19 heavy (non-hydrogen) atoms. The van der Waals surface area contributed by atoms with Crippen molar-refractivity contribution in [1.82, 2.24) is 4.90 Å². The fraction of sp³-hybridized carbons (Fsp3) is 0.538. The molecule has 0 radical (unpaired) electrons. The summed E-state index contributed by atoms with van der Waals surface area (Å²) < 4.78 is 23.2. The van der Waals surface area contributed by atoms with Crippen LogP contribution < -0.4 is 5.73 Å². The first-order chi connectivity index (χ1) is 8.93. The fourth-order valence-electron chi connectivity index (χ4n) is 2.62. The lowest BCUT2D eigenvalue weighted by molar-refractivity contribution is 0.162. The molecular formula is C13H19ClN2O2S. The molecule has 0 aromatic heterocycles. The van der Waals surface area contributed by atoms with Gasteiger partial charge in [0.2, 0.25) is 0 Å². The molecule has 1 aromatic carbocycles. The van der Waals surface area contributed by atoms with E-state index in [0.29, 0.717) is 18.1 Å². The summed E-state index contributed by atoms with van der Waals surface area (Å²) >= 11 is 5.89. The van der Waals surface area contributed by atoms with Crippen LogP contribution in [-0.4, -0.2) is 44.0 Å². The third-order valence-electron chi connectivity index (χ3n) is 3.60. The molecule has 2 unspecified atom stereocenters. The standard InChI is InChI=1S/C13H19ClN2O2S/c1-10-9-19(17,18)7-6-16(10)13(8-15)11-2-4-12(14)5-3-11/h2-5,10,13H,6-9,15H2,1H3. The van der Waals surface area contributed by atoms with E-state index in [0.717, 1.165) is 5.56 Å². The number of rotatable bonds is 3. The minimum Gasteiger partial charge on any atom is -0.329 e. The molecule has 0 aliphatic carbocycles. The van der Waals surface area contributed by atoms with Crippen molar-refractivity contribution in [3.63, 3.8) is 0 Å². The Bertz CT molecular complexity index is 530. The zero-order valence-electron chi connectivity index (χ0n) is 10.9.